The summed E-state index contributed by atoms with van der Waals surface area (Å²) in [7, 11) is 0. The van der Waals surface area contributed by atoms with Crippen LogP contribution in [0.1, 0.15) is 0 Å². The summed E-state index contributed by atoms with van der Waals surface area (Å²) in [6.45, 7) is 1.49. The minimum atomic E-state index is -0.367. The third-order valence-electron chi connectivity index (χ3n) is 1.55. The Hall–Kier alpha value is -1.23. The zero-order chi connectivity index (χ0) is 7.68. The van der Waals surface area contributed by atoms with Gasteiger partial charge in [-0.25, -0.2) is 0 Å². The van der Waals surface area contributed by atoms with Gasteiger partial charge in [0, 0.05) is 6.54 Å². The summed E-state index contributed by atoms with van der Waals surface area (Å²) in [5.74, 6) is 0.707. The molecule has 11 heavy (non-hydrogen) atoms. The van der Waals surface area contributed by atoms with Crippen LogP contribution in [0.15, 0.2) is 16.6 Å². The number of ether oxygens (including phenoxy) is 1. The monoisotopic (exact) mass is 154 g/mol. The summed E-state index contributed by atoms with van der Waals surface area (Å²) in [6.07, 6.45) is 1.32. The number of hydrogen-bond donors (Lipinski definition) is 3. The Kier molecular flexibility index (Phi) is 1.43. The summed E-state index contributed by atoms with van der Waals surface area (Å²) >= 11 is 0. The van der Waals surface area contributed by atoms with E-state index in [0.717, 1.165) is 12.2 Å². The quantitative estimate of drug-likeness (QED) is 0.405. The number of nitrogens with zero attached hydrogens (tertiary/aromatic N) is 1. The first-order chi connectivity index (χ1) is 5.36. The topological polar surface area (TPSA) is 71.7 Å². The van der Waals surface area contributed by atoms with E-state index in [-0.39, 0.29) is 6.29 Å². The number of nitrogens with two attached hydrogens (primary N) is 1. The Bertz CT molecular complexity index is 223. The van der Waals surface area contributed by atoms with Gasteiger partial charge in [0.15, 0.2) is 6.29 Å². The second-order valence-electron chi connectivity index (χ2n) is 2.39. The molecule has 60 valence electrons. The highest BCUT2D eigenvalue weighted by Crippen LogP contribution is 2.07. The first-order valence-electron chi connectivity index (χ1n) is 3.52. The highest BCUT2D eigenvalue weighted by atomic mass is 16.5. The van der Waals surface area contributed by atoms with Gasteiger partial charge in [-0.05, 0) is 0 Å². The molecule has 0 spiro atoms. The van der Waals surface area contributed by atoms with E-state index in [9.17, 15) is 0 Å². The van der Waals surface area contributed by atoms with Gasteiger partial charge < -0.3 is 15.4 Å². The molecule has 0 aromatic rings. The minimum Gasteiger partial charge on any atom is -0.476 e. The molecule has 0 saturated carbocycles. The molecule has 1 atom stereocenters. The molecule has 0 amide bonds. The first kappa shape index (κ1) is 6.48. The highest BCUT2D eigenvalue weighted by molar-refractivity contribution is 5.79. The standard InChI is InChI=1S/C6H10N4O/c7-6-9-3-4-5(10-6)11-2-1-8-4/h3,6,8,10H,1-2,7H2. The van der Waals surface area contributed by atoms with Crippen molar-refractivity contribution in [3.8, 4) is 0 Å². The van der Waals surface area contributed by atoms with E-state index < -0.39 is 0 Å². The maximum absolute atomic E-state index is 5.49. The van der Waals surface area contributed by atoms with Crippen molar-refractivity contribution < 1.29 is 4.74 Å². The molecule has 5 heteroatoms. The molecule has 0 bridgehead atoms. The summed E-state index contributed by atoms with van der Waals surface area (Å²) < 4.78 is 5.29. The Balaban J connectivity index is 2.20. The van der Waals surface area contributed by atoms with Gasteiger partial charge in [-0.15, -0.1) is 0 Å². The maximum Gasteiger partial charge on any atom is 0.215 e. The van der Waals surface area contributed by atoms with Crippen molar-refractivity contribution in [3.63, 3.8) is 0 Å². The zero-order valence-corrected chi connectivity index (χ0v) is 6.00. The van der Waals surface area contributed by atoms with Gasteiger partial charge in [-0.3, -0.25) is 10.7 Å². The van der Waals surface area contributed by atoms with Gasteiger partial charge in [-0.1, -0.05) is 0 Å². The van der Waals surface area contributed by atoms with Crippen LogP contribution in [0.4, 0.5) is 0 Å². The number of nitrogens with one attached hydrogen (secondary N) is 2. The van der Waals surface area contributed by atoms with E-state index in [0.29, 0.717) is 12.5 Å². The molecular weight excluding hydrogens is 144 g/mol. The van der Waals surface area contributed by atoms with Crippen LogP contribution in [-0.2, 0) is 4.74 Å². The van der Waals surface area contributed by atoms with Gasteiger partial charge in [0.05, 0.1) is 6.21 Å². The van der Waals surface area contributed by atoms with Gasteiger partial charge in [0.1, 0.15) is 12.3 Å². The molecule has 5 nitrogen and oxygen atoms in total. The number of hydrogen-bond acceptors (Lipinski definition) is 5. The number of aliphatic imine (C=N–C) groups is 1. The van der Waals surface area contributed by atoms with Crippen LogP contribution in [0.5, 0.6) is 0 Å². The van der Waals surface area contributed by atoms with Crippen LogP contribution >= 0.6 is 0 Å². The molecule has 2 aliphatic heterocycles. The lowest BCUT2D eigenvalue weighted by Crippen LogP contribution is -2.44. The van der Waals surface area contributed by atoms with Crippen LogP contribution in [-0.4, -0.2) is 25.7 Å². The predicted octanol–water partition coefficient (Wildman–Crippen LogP) is -1.31. The van der Waals surface area contributed by atoms with Crippen LogP contribution in [0.3, 0.4) is 0 Å². The Morgan fingerprint density at radius 2 is 2.64 bits per heavy atom. The Morgan fingerprint density at radius 1 is 1.73 bits per heavy atom. The largest absolute Gasteiger partial charge is 0.476 e. The van der Waals surface area contributed by atoms with Crippen LogP contribution in [0.25, 0.3) is 0 Å². The Morgan fingerprint density at radius 3 is 3.55 bits per heavy atom. The summed E-state index contributed by atoms with van der Waals surface area (Å²) in [4.78, 5) is 3.96. The zero-order valence-electron chi connectivity index (χ0n) is 6.00. The van der Waals surface area contributed by atoms with Gasteiger partial charge in [0.25, 0.3) is 0 Å². The van der Waals surface area contributed by atoms with Crippen molar-refractivity contribution in [3.05, 3.63) is 11.6 Å². The molecule has 2 rings (SSSR count). The lowest BCUT2D eigenvalue weighted by Gasteiger charge is -2.26. The first-order valence-corrected chi connectivity index (χ1v) is 3.52. The smallest absolute Gasteiger partial charge is 0.215 e. The minimum absolute atomic E-state index is 0.367. The molecule has 4 N–H and O–H groups in total. The van der Waals surface area contributed by atoms with Crippen LogP contribution in [0.2, 0.25) is 0 Å². The fourth-order valence-electron chi connectivity index (χ4n) is 1.05. The van der Waals surface area contributed by atoms with E-state index in [1.54, 1.807) is 6.21 Å². The van der Waals surface area contributed by atoms with E-state index in [4.69, 9.17) is 10.5 Å². The second kappa shape index (κ2) is 2.43. The molecule has 2 heterocycles. The maximum atomic E-state index is 5.49. The Labute approximate surface area is 64.3 Å². The molecule has 0 radical (unpaired) electrons. The molecule has 0 aromatic heterocycles. The number of rotatable bonds is 0. The van der Waals surface area contributed by atoms with Gasteiger partial charge >= 0.3 is 0 Å². The van der Waals surface area contributed by atoms with E-state index in [1.807, 2.05) is 0 Å². The van der Waals surface area contributed by atoms with Crippen LogP contribution < -0.4 is 16.4 Å². The van der Waals surface area contributed by atoms with E-state index in [2.05, 4.69) is 15.6 Å². The average molecular weight is 154 g/mol. The molecule has 0 aromatic carbocycles. The fraction of sp³-hybridized carbons (Fsp3) is 0.500. The predicted molar refractivity (Wildman–Crippen MR) is 40.6 cm³/mol. The van der Waals surface area contributed by atoms with Crippen molar-refractivity contribution in [1.82, 2.24) is 10.6 Å². The summed E-state index contributed by atoms with van der Waals surface area (Å²) in [5, 5.41) is 6.02. The van der Waals surface area contributed by atoms with Crippen LogP contribution in [0, 0.1) is 0 Å². The van der Waals surface area contributed by atoms with E-state index >= 15 is 0 Å². The van der Waals surface area contributed by atoms with Crippen molar-refractivity contribution in [1.29, 1.82) is 0 Å². The number of allylic oxidation sites excluding steroid dienone is 1. The summed E-state index contributed by atoms with van der Waals surface area (Å²) in [5.41, 5.74) is 6.38. The molecule has 0 saturated heterocycles. The van der Waals surface area contributed by atoms with Gasteiger partial charge in [0.2, 0.25) is 5.88 Å². The molecular formula is C6H10N4O. The van der Waals surface area contributed by atoms with Crippen molar-refractivity contribution in [2.75, 3.05) is 13.2 Å². The highest BCUT2D eigenvalue weighted by Gasteiger charge is 2.17. The molecule has 1 unspecified atom stereocenters. The van der Waals surface area contributed by atoms with Gasteiger partial charge in [-0.2, -0.15) is 0 Å². The van der Waals surface area contributed by atoms with E-state index in [1.165, 1.54) is 0 Å². The lowest BCUT2D eigenvalue weighted by atomic mass is 10.4. The molecule has 2 aliphatic rings. The van der Waals surface area contributed by atoms with Crippen molar-refractivity contribution in [2.45, 2.75) is 6.29 Å². The fourth-order valence-corrected chi connectivity index (χ4v) is 1.05. The average Bonchev–Trinajstić information content (AvgIpc) is 2.04. The molecule has 0 aliphatic carbocycles. The second-order valence-corrected chi connectivity index (χ2v) is 2.39. The van der Waals surface area contributed by atoms with Crippen molar-refractivity contribution in [2.24, 2.45) is 10.7 Å². The molecule has 0 fully saturated rings. The van der Waals surface area contributed by atoms with Crippen molar-refractivity contribution >= 4 is 6.21 Å². The SMILES string of the molecule is NC1N=CC2=C(N1)OCCN2. The summed E-state index contributed by atoms with van der Waals surface area (Å²) in [6, 6.07) is 0. The lowest BCUT2D eigenvalue weighted by molar-refractivity contribution is 0.165. The third kappa shape index (κ3) is 1.14. The third-order valence-corrected chi connectivity index (χ3v) is 1.55. The normalized spacial score (nSPS) is 28.3.